The number of benzene rings is 1. The van der Waals surface area contributed by atoms with Gasteiger partial charge in [-0.05, 0) is 6.07 Å². The molecule has 0 aliphatic heterocycles. The number of aromatic amines is 1. The number of phenolic OH excluding ortho intramolecular Hbond substituents is 1. The van der Waals surface area contributed by atoms with Crippen molar-refractivity contribution in [2.45, 2.75) is 0 Å². The summed E-state index contributed by atoms with van der Waals surface area (Å²) in [5.74, 6) is -0.806. The van der Waals surface area contributed by atoms with Gasteiger partial charge in [0.1, 0.15) is 0 Å². The topological polar surface area (TPSA) is 82.6 Å². The Kier molecular flexibility index (Phi) is 2.00. The second-order valence-corrected chi connectivity index (χ2v) is 3.08. The molecule has 2 rings (SSSR count). The molecule has 5 nitrogen and oxygen atoms in total. The smallest absolute Gasteiger partial charge is 0.337 e. The predicted octanol–water partition coefficient (Wildman–Crippen LogP) is 1.58. The first kappa shape index (κ1) is 9.39. The number of aromatic carboxylic acids is 1. The fourth-order valence-electron chi connectivity index (χ4n) is 1.48. The molecule has 0 saturated heterocycles. The molecule has 1 aromatic carbocycles. The van der Waals surface area contributed by atoms with Gasteiger partial charge in [0.2, 0.25) is 0 Å². The normalized spacial score (nSPS) is 10.5. The highest BCUT2D eigenvalue weighted by molar-refractivity contribution is 6.04. The summed E-state index contributed by atoms with van der Waals surface area (Å²) in [4.78, 5) is 13.6. The number of rotatable bonds is 2. The average molecular weight is 207 g/mol. The summed E-state index contributed by atoms with van der Waals surface area (Å²) in [5.41, 5.74) is 0.741. The molecule has 1 aromatic heterocycles. The summed E-state index contributed by atoms with van der Waals surface area (Å²) in [6.07, 6.45) is 1.38. The first-order chi connectivity index (χ1) is 7.13. The van der Waals surface area contributed by atoms with Gasteiger partial charge in [-0.2, -0.15) is 0 Å². The lowest BCUT2D eigenvalue weighted by atomic mass is 10.1. The van der Waals surface area contributed by atoms with Crippen LogP contribution in [0.1, 0.15) is 10.4 Å². The lowest BCUT2D eigenvalue weighted by Crippen LogP contribution is -1.93. The maximum atomic E-state index is 10.8. The number of aromatic nitrogens is 1. The molecule has 0 spiro atoms. The molecule has 0 unspecified atom stereocenters. The Balaban J connectivity index is 2.73. The van der Waals surface area contributed by atoms with Crippen LogP contribution in [-0.4, -0.2) is 28.3 Å². The first-order valence-electron chi connectivity index (χ1n) is 4.25. The van der Waals surface area contributed by atoms with Crippen LogP contribution in [-0.2, 0) is 0 Å². The van der Waals surface area contributed by atoms with E-state index >= 15 is 0 Å². The SMILES string of the molecule is COc1cc2[nH]cc(C(=O)O)c2cc1O. The Morgan fingerprint density at radius 2 is 2.20 bits per heavy atom. The number of fused-ring (bicyclic) bond motifs is 1. The summed E-state index contributed by atoms with van der Waals surface area (Å²) in [5, 5.41) is 18.8. The van der Waals surface area contributed by atoms with Crippen LogP contribution in [0.5, 0.6) is 11.5 Å². The van der Waals surface area contributed by atoms with E-state index in [1.54, 1.807) is 6.07 Å². The maximum Gasteiger partial charge on any atom is 0.337 e. The average Bonchev–Trinajstić information content (AvgIpc) is 2.59. The Morgan fingerprint density at radius 3 is 2.80 bits per heavy atom. The zero-order chi connectivity index (χ0) is 11.0. The van der Waals surface area contributed by atoms with Crippen LogP contribution in [0.3, 0.4) is 0 Å². The standard InChI is InChI=1S/C10H9NO4/c1-15-9-3-7-5(2-8(9)12)6(4-11-7)10(13)14/h2-4,11-12H,1H3,(H,13,14). The van der Waals surface area contributed by atoms with Crippen molar-refractivity contribution in [2.75, 3.05) is 7.11 Å². The molecule has 15 heavy (non-hydrogen) atoms. The fourth-order valence-corrected chi connectivity index (χ4v) is 1.48. The number of hydrogen-bond acceptors (Lipinski definition) is 3. The molecule has 0 aliphatic rings. The van der Waals surface area contributed by atoms with Gasteiger partial charge in [-0.1, -0.05) is 0 Å². The third-order valence-corrected chi connectivity index (χ3v) is 2.21. The zero-order valence-corrected chi connectivity index (χ0v) is 7.94. The van der Waals surface area contributed by atoms with Crippen LogP contribution in [0.4, 0.5) is 0 Å². The fraction of sp³-hybridized carbons (Fsp3) is 0.100. The number of nitrogens with one attached hydrogen (secondary N) is 1. The molecule has 0 radical (unpaired) electrons. The molecule has 0 fully saturated rings. The van der Waals surface area contributed by atoms with Crippen LogP contribution in [0.25, 0.3) is 10.9 Å². The van der Waals surface area contributed by atoms with Crippen molar-refractivity contribution >= 4 is 16.9 Å². The van der Waals surface area contributed by atoms with E-state index in [4.69, 9.17) is 9.84 Å². The van der Waals surface area contributed by atoms with E-state index in [0.29, 0.717) is 16.7 Å². The highest BCUT2D eigenvalue weighted by atomic mass is 16.5. The molecule has 0 atom stereocenters. The van der Waals surface area contributed by atoms with Gasteiger partial charge < -0.3 is 19.9 Å². The van der Waals surface area contributed by atoms with Crippen molar-refractivity contribution in [3.63, 3.8) is 0 Å². The van der Waals surface area contributed by atoms with Gasteiger partial charge in [0.15, 0.2) is 11.5 Å². The molecule has 3 N–H and O–H groups in total. The molecule has 0 bridgehead atoms. The van der Waals surface area contributed by atoms with Gasteiger partial charge >= 0.3 is 5.97 Å². The third kappa shape index (κ3) is 1.38. The van der Waals surface area contributed by atoms with Crippen molar-refractivity contribution < 1.29 is 19.7 Å². The number of phenols is 1. The van der Waals surface area contributed by atoms with E-state index in [-0.39, 0.29) is 11.3 Å². The Labute approximate surface area is 84.9 Å². The number of carboxylic acids is 1. The molecule has 2 aromatic rings. The van der Waals surface area contributed by atoms with Crippen LogP contribution < -0.4 is 4.74 Å². The minimum absolute atomic E-state index is 0.0768. The number of H-pyrrole nitrogens is 1. The first-order valence-corrected chi connectivity index (χ1v) is 4.25. The highest BCUT2D eigenvalue weighted by Crippen LogP contribution is 2.32. The summed E-state index contributed by atoms with van der Waals surface area (Å²) in [7, 11) is 1.43. The third-order valence-electron chi connectivity index (χ3n) is 2.21. The van der Waals surface area contributed by atoms with E-state index < -0.39 is 5.97 Å². The molecule has 5 heteroatoms. The van der Waals surface area contributed by atoms with E-state index in [0.717, 1.165) is 0 Å². The maximum absolute atomic E-state index is 10.8. The predicted molar refractivity (Wildman–Crippen MR) is 53.5 cm³/mol. The Hall–Kier alpha value is -2.17. The van der Waals surface area contributed by atoms with Gasteiger partial charge in [-0.15, -0.1) is 0 Å². The summed E-state index contributed by atoms with van der Waals surface area (Å²) >= 11 is 0. The number of methoxy groups -OCH3 is 1. The van der Waals surface area contributed by atoms with Gasteiger partial charge in [0.05, 0.1) is 18.2 Å². The number of aromatic hydroxyl groups is 1. The quantitative estimate of drug-likeness (QED) is 0.698. The van der Waals surface area contributed by atoms with Crippen LogP contribution in [0, 0.1) is 0 Å². The van der Waals surface area contributed by atoms with Crippen molar-refractivity contribution in [3.05, 3.63) is 23.9 Å². The van der Waals surface area contributed by atoms with Crippen LogP contribution in [0.2, 0.25) is 0 Å². The van der Waals surface area contributed by atoms with Gasteiger partial charge in [-0.25, -0.2) is 4.79 Å². The molecule has 0 aliphatic carbocycles. The number of hydrogen-bond donors (Lipinski definition) is 3. The number of carboxylic acid groups (broad SMARTS) is 1. The van der Waals surface area contributed by atoms with Crippen molar-refractivity contribution in [1.29, 1.82) is 0 Å². The monoisotopic (exact) mass is 207 g/mol. The Morgan fingerprint density at radius 1 is 1.47 bits per heavy atom. The van der Waals surface area contributed by atoms with Crippen LogP contribution >= 0.6 is 0 Å². The lowest BCUT2D eigenvalue weighted by molar-refractivity contribution is 0.0699. The molecule has 1 heterocycles. The van der Waals surface area contributed by atoms with Crippen LogP contribution in [0.15, 0.2) is 18.3 Å². The van der Waals surface area contributed by atoms with Gasteiger partial charge in [0.25, 0.3) is 0 Å². The van der Waals surface area contributed by atoms with Crippen molar-refractivity contribution in [2.24, 2.45) is 0 Å². The van der Waals surface area contributed by atoms with Crippen molar-refractivity contribution in [3.8, 4) is 11.5 Å². The minimum atomic E-state index is -1.04. The van der Waals surface area contributed by atoms with Crippen molar-refractivity contribution in [1.82, 2.24) is 4.98 Å². The van der Waals surface area contributed by atoms with Gasteiger partial charge in [0, 0.05) is 17.6 Å². The number of ether oxygens (including phenoxy) is 1. The summed E-state index contributed by atoms with van der Waals surface area (Å²) in [6, 6.07) is 2.92. The summed E-state index contributed by atoms with van der Waals surface area (Å²) < 4.78 is 4.91. The van der Waals surface area contributed by atoms with E-state index in [9.17, 15) is 9.90 Å². The lowest BCUT2D eigenvalue weighted by Gasteiger charge is -2.02. The molecule has 0 saturated carbocycles. The molecular formula is C10H9NO4. The largest absolute Gasteiger partial charge is 0.504 e. The molecule has 78 valence electrons. The van der Waals surface area contributed by atoms with E-state index in [1.807, 2.05) is 0 Å². The number of carbonyl (C=O) groups is 1. The Bertz CT molecular complexity index is 529. The second kappa shape index (κ2) is 3.20. The van der Waals surface area contributed by atoms with E-state index in [2.05, 4.69) is 4.98 Å². The summed E-state index contributed by atoms with van der Waals surface area (Å²) in [6.45, 7) is 0. The molecular weight excluding hydrogens is 198 g/mol. The zero-order valence-electron chi connectivity index (χ0n) is 7.94. The second-order valence-electron chi connectivity index (χ2n) is 3.08. The molecule has 0 amide bonds. The minimum Gasteiger partial charge on any atom is -0.504 e. The highest BCUT2D eigenvalue weighted by Gasteiger charge is 2.13. The van der Waals surface area contributed by atoms with Gasteiger partial charge in [-0.3, -0.25) is 0 Å². The van der Waals surface area contributed by atoms with E-state index in [1.165, 1.54) is 19.4 Å².